The minimum absolute atomic E-state index is 0.0197. The maximum absolute atomic E-state index is 13.1. The third-order valence-corrected chi connectivity index (χ3v) is 9.47. The molecule has 1 aromatic heterocycles. The van der Waals surface area contributed by atoms with Gasteiger partial charge in [-0.2, -0.15) is 15.0 Å². The van der Waals surface area contributed by atoms with Gasteiger partial charge in [0.25, 0.3) is 5.91 Å². The van der Waals surface area contributed by atoms with Gasteiger partial charge in [-0.05, 0) is 75.7 Å². The number of hydrogen-bond donors (Lipinski definition) is 2. The van der Waals surface area contributed by atoms with Crippen molar-refractivity contribution in [1.82, 2.24) is 24.8 Å². The molecule has 3 saturated heterocycles. The molecule has 4 heterocycles. The highest BCUT2D eigenvalue weighted by Gasteiger charge is 2.28. The molecule has 0 aliphatic carbocycles. The number of piperazine rings is 1. The van der Waals surface area contributed by atoms with Crippen LogP contribution >= 0.6 is 0 Å². The van der Waals surface area contributed by atoms with Gasteiger partial charge in [0.05, 0.1) is 38.5 Å². The quantitative estimate of drug-likeness (QED) is 0.364. The topological polar surface area (TPSA) is 128 Å². The van der Waals surface area contributed by atoms with Crippen molar-refractivity contribution < 1.29 is 19.1 Å². The number of ether oxygens (including phenoxy) is 2. The predicted molar refractivity (Wildman–Crippen MR) is 187 cm³/mol. The zero-order chi connectivity index (χ0) is 33.6. The van der Waals surface area contributed by atoms with E-state index >= 15 is 0 Å². The molecule has 13 nitrogen and oxygen atoms in total. The first-order valence-electron chi connectivity index (χ1n) is 17.1. The number of nitrogens with one attached hydrogen (secondary N) is 2. The second-order valence-corrected chi connectivity index (χ2v) is 12.8. The summed E-state index contributed by atoms with van der Waals surface area (Å²) in [5, 5.41) is 5.74. The first-order valence-corrected chi connectivity index (χ1v) is 17.1. The molecule has 1 unspecified atom stereocenters. The molecule has 3 aromatic rings. The summed E-state index contributed by atoms with van der Waals surface area (Å²) >= 11 is 0. The van der Waals surface area contributed by atoms with E-state index < -0.39 is 0 Å². The Kier molecular flexibility index (Phi) is 10.7. The van der Waals surface area contributed by atoms with Crippen molar-refractivity contribution in [3.8, 4) is 11.4 Å². The summed E-state index contributed by atoms with van der Waals surface area (Å²) in [6, 6.07) is 14.9. The fourth-order valence-corrected chi connectivity index (χ4v) is 6.29. The largest absolute Gasteiger partial charge is 0.377 e. The molecular formula is C35H47N9O4. The molecule has 0 spiro atoms. The zero-order valence-corrected chi connectivity index (χ0v) is 28.4. The lowest BCUT2D eigenvalue weighted by Crippen LogP contribution is -2.51. The van der Waals surface area contributed by atoms with Gasteiger partial charge in [-0.25, -0.2) is 4.79 Å². The lowest BCUT2D eigenvalue weighted by Gasteiger charge is -2.37. The number of nitrogens with zero attached hydrogens (tertiary/aromatic N) is 7. The Labute approximate surface area is 282 Å². The maximum Gasteiger partial charge on any atom is 0.323 e. The molecule has 13 heteroatoms. The third kappa shape index (κ3) is 7.86. The Balaban J connectivity index is 1.09. The van der Waals surface area contributed by atoms with Gasteiger partial charge >= 0.3 is 6.03 Å². The monoisotopic (exact) mass is 657 g/mol. The van der Waals surface area contributed by atoms with E-state index in [4.69, 9.17) is 24.4 Å². The lowest BCUT2D eigenvalue weighted by atomic mass is 10.1. The lowest BCUT2D eigenvalue weighted by molar-refractivity contribution is 0.0579. The van der Waals surface area contributed by atoms with Crippen LogP contribution in [-0.4, -0.2) is 121 Å². The summed E-state index contributed by atoms with van der Waals surface area (Å²) in [6.07, 6.45) is 1.10. The van der Waals surface area contributed by atoms with Gasteiger partial charge in [-0.15, -0.1) is 0 Å². The van der Waals surface area contributed by atoms with E-state index in [2.05, 4.69) is 53.0 Å². The van der Waals surface area contributed by atoms with Gasteiger partial charge in [0.2, 0.25) is 11.9 Å². The maximum atomic E-state index is 13.1. The molecule has 6 rings (SSSR count). The van der Waals surface area contributed by atoms with Gasteiger partial charge in [0.1, 0.15) is 0 Å². The molecular weight excluding hydrogens is 610 g/mol. The van der Waals surface area contributed by atoms with Crippen molar-refractivity contribution in [2.24, 2.45) is 0 Å². The van der Waals surface area contributed by atoms with Gasteiger partial charge in [-0.1, -0.05) is 6.92 Å². The Hall–Kier alpha value is -4.33. The van der Waals surface area contributed by atoms with Crippen LogP contribution < -0.4 is 20.4 Å². The molecule has 3 atom stereocenters. The normalized spacial score (nSPS) is 21.1. The highest BCUT2D eigenvalue weighted by molar-refractivity contribution is 6.00. The number of carbonyl (C=O) groups is 2. The second-order valence-electron chi connectivity index (χ2n) is 12.8. The number of aromatic nitrogens is 3. The summed E-state index contributed by atoms with van der Waals surface area (Å²) in [6.45, 7) is 15.7. The number of morpholine rings is 2. The van der Waals surface area contributed by atoms with Crippen molar-refractivity contribution >= 4 is 35.2 Å². The number of rotatable bonds is 8. The molecule has 256 valence electrons. The van der Waals surface area contributed by atoms with Crippen LogP contribution in [0.2, 0.25) is 0 Å². The second kappa shape index (κ2) is 15.3. The molecule has 2 aromatic carbocycles. The van der Waals surface area contributed by atoms with E-state index in [1.54, 1.807) is 24.3 Å². The Bertz CT molecular complexity index is 1510. The van der Waals surface area contributed by atoms with Crippen LogP contribution in [0, 0.1) is 0 Å². The Morgan fingerprint density at radius 3 is 1.79 bits per heavy atom. The fourth-order valence-electron chi connectivity index (χ4n) is 6.29. The SMILES string of the molecule is CCC(C)N1CCN(C(=O)c2ccc(NC(=O)Nc3ccc(-c4nc(N5CCOC[C@@H]5C)nc(N5CCOC[C@@H]5C)n4)cc3)cc2)CC1. The standard InChI is InChI=1S/C35H47N9O4/c1-5-24(2)41-14-16-42(17-15-41)32(45)28-8-12-30(13-9-28)37-35(46)36-29-10-6-27(7-11-29)31-38-33(43-18-20-47-22-25(43)3)40-34(39-31)44-19-21-48-23-26(44)4/h6-13,24-26H,5,14-23H2,1-4H3,(H2,36,37,46)/t24?,25-,26-/m0/s1. The summed E-state index contributed by atoms with van der Waals surface area (Å²) in [5.41, 5.74) is 2.65. The summed E-state index contributed by atoms with van der Waals surface area (Å²) < 4.78 is 11.3. The average Bonchev–Trinajstić information content (AvgIpc) is 3.12. The van der Waals surface area contributed by atoms with E-state index in [1.165, 1.54) is 0 Å². The van der Waals surface area contributed by atoms with Crippen molar-refractivity contribution in [2.75, 3.05) is 86.1 Å². The van der Waals surface area contributed by atoms with Gasteiger partial charge in [0.15, 0.2) is 5.82 Å². The number of benzene rings is 2. The van der Waals surface area contributed by atoms with Crippen LogP contribution in [0.3, 0.4) is 0 Å². The van der Waals surface area contributed by atoms with Crippen molar-refractivity contribution in [2.45, 2.75) is 52.2 Å². The molecule has 48 heavy (non-hydrogen) atoms. The minimum Gasteiger partial charge on any atom is -0.377 e. The highest BCUT2D eigenvalue weighted by Crippen LogP contribution is 2.26. The smallest absolute Gasteiger partial charge is 0.323 e. The molecule has 0 saturated carbocycles. The Morgan fingerprint density at radius 1 is 0.771 bits per heavy atom. The van der Waals surface area contributed by atoms with Crippen LogP contribution in [0.15, 0.2) is 48.5 Å². The van der Waals surface area contributed by atoms with Crippen LogP contribution in [0.5, 0.6) is 0 Å². The number of urea groups is 1. The third-order valence-electron chi connectivity index (χ3n) is 9.47. The fraction of sp³-hybridized carbons (Fsp3) is 0.514. The van der Waals surface area contributed by atoms with Crippen LogP contribution in [0.1, 0.15) is 44.5 Å². The summed E-state index contributed by atoms with van der Waals surface area (Å²) in [5.74, 6) is 1.84. The van der Waals surface area contributed by atoms with Crippen molar-refractivity contribution in [3.63, 3.8) is 0 Å². The molecule has 2 N–H and O–H groups in total. The zero-order valence-electron chi connectivity index (χ0n) is 28.4. The van der Waals surface area contributed by atoms with Gasteiger partial charge in [-0.3, -0.25) is 9.69 Å². The molecule has 0 bridgehead atoms. The molecule has 3 aliphatic rings. The first kappa shape index (κ1) is 33.6. The number of hydrogen-bond acceptors (Lipinski definition) is 10. The molecule has 3 amide bonds. The van der Waals surface area contributed by atoms with Crippen LogP contribution in [0.25, 0.3) is 11.4 Å². The number of carbonyl (C=O) groups excluding carboxylic acids is 2. The van der Waals surface area contributed by atoms with Crippen LogP contribution in [0.4, 0.5) is 28.1 Å². The van der Waals surface area contributed by atoms with Crippen molar-refractivity contribution in [3.05, 3.63) is 54.1 Å². The van der Waals surface area contributed by atoms with E-state index in [0.717, 1.165) is 38.2 Å². The highest BCUT2D eigenvalue weighted by atomic mass is 16.5. The number of anilines is 4. The molecule has 3 aliphatic heterocycles. The van der Waals surface area contributed by atoms with Crippen molar-refractivity contribution in [1.29, 1.82) is 0 Å². The van der Waals surface area contributed by atoms with E-state index in [9.17, 15) is 9.59 Å². The van der Waals surface area contributed by atoms with E-state index in [-0.39, 0.29) is 24.0 Å². The summed E-state index contributed by atoms with van der Waals surface area (Å²) in [7, 11) is 0. The van der Waals surface area contributed by atoms with E-state index in [0.29, 0.717) is 80.2 Å². The van der Waals surface area contributed by atoms with E-state index in [1.807, 2.05) is 29.2 Å². The minimum atomic E-state index is -0.379. The number of amides is 3. The average molecular weight is 658 g/mol. The van der Waals surface area contributed by atoms with Gasteiger partial charge in [0, 0.05) is 67.8 Å². The first-order chi connectivity index (χ1) is 23.3. The van der Waals surface area contributed by atoms with Gasteiger partial charge < -0.3 is 34.8 Å². The Morgan fingerprint density at radius 2 is 1.29 bits per heavy atom. The predicted octanol–water partition coefficient (Wildman–Crippen LogP) is 4.19. The molecule has 0 radical (unpaired) electrons. The summed E-state index contributed by atoms with van der Waals surface area (Å²) in [4.78, 5) is 49.2. The molecule has 3 fully saturated rings. The van der Waals surface area contributed by atoms with Crippen LogP contribution in [-0.2, 0) is 9.47 Å².